The summed E-state index contributed by atoms with van der Waals surface area (Å²) < 4.78 is 46.1. The Bertz CT molecular complexity index is 1460. The molecule has 2 aromatic carbocycles. The summed E-state index contributed by atoms with van der Waals surface area (Å²) in [5, 5.41) is 13.3. The molecule has 0 radical (unpaired) electrons. The lowest BCUT2D eigenvalue weighted by molar-refractivity contribution is -0.384. The number of non-ortho nitro benzene ring substituents is 1. The summed E-state index contributed by atoms with van der Waals surface area (Å²) in [6.45, 7) is 0. The number of hydrogen-bond donors (Lipinski definition) is 1. The standard InChI is InChI=1S/C23H13Cl2F3N4O4/c24-17-5-4-15(32(34)35)11-16(17)21(33)30-14-3-6-20(19(10-14)31-7-1-2-8-31)36-22-18(25)9-13(12-29-22)23(26,27)28/h1-12H,(H,30,33). The van der Waals surface area contributed by atoms with Crippen LogP contribution in [0.25, 0.3) is 5.69 Å². The molecule has 0 aliphatic heterocycles. The number of nitrogens with zero attached hydrogens (tertiary/aromatic N) is 3. The molecule has 184 valence electrons. The second-order valence-corrected chi connectivity index (χ2v) is 8.07. The van der Waals surface area contributed by atoms with Gasteiger partial charge in [0.25, 0.3) is 11.6 Å². The van der Waals surface area contributed by atoms with Gasteiger partial charge in [0.1, 0.15) is 5.02 Å². The fourth-order valence-electron chi connectivity index (χ4n) is 3.14. The van der Waals surface area contributed by atoms with Gasteiger partial charge < -0.3 is 14.6 Å². The smallest absolute Gasteiger partial charge is 0.417 e. The number of anilines is 1. The van der Waals surface area contributed by atoms with E-state index in [2.05, 4.69) is 10.3 Å². The van der Waals surface area contributed by atoms with Crippen LogP contribution in [-0.2, 0) is 6.18 Å². The molecule has 0 fully saturated rings. The Morgan fingerprint density at radius 3 is 2.42 bits per heavy atom. The summed E-state index contributed by atoms with van der Waals surface area (Å²) in [6.07, 6.45) is -0.665. The quantitative estimate of drug-likeness (QED) is 0.208. The minimum Gasteiger partial charge on any atom is -0.435 e. The minimum absolute atomic E-state index is 0.0201. The maximum Gasteiger partial charge on any atom is 0.417 e. The third kappa shape index (κ3) is 5.42. The first-order valence-electron chi connectivity index (χ1n) is 9.96. The predicted molar refractivity (Wildman–Crippen MR) is 126 cm³/mol. The molecule has 1 amide bonds. The highest BCUT2D eigenvalue weighted by Crippen LogP contribution is 2.37. The molecular formula is C23H13Cl2F3N4O4. The lowest BCUT2D eigenvalue weighted by Gasteiger charge is -2.15. The van der Waals surface area contributed by atoms with E-state index in [1.54, 1.807) is 29.1 Å². The number of carbonyl (C=O) groups is 1. The maximum atomic E-state index is 12.9. The van der Waals surface area contributed by atoms with Crippen molar-refractivity contribution in [2.24, 2.45) is 0 Å². The summed E-state index contributed by atoms with van der Waals surface area (Å²) in [7, 11) is 0. The second kappa shape index (κ2) is 9.88. The first-order valence-corrected chi connectivity index (χ1v) is 10.7. The SMILES string of the molecule is O=C(Nc1ccc(Oc2ncc(C(F)(F)F)cc2Cl)c(-n2cccc2)c1)c1cc([N+](=O)[O-])ccc1Cl. The Kier molecular flexibility index (Phi) is 6.86. The normalized spacial score (nSPS) is 11.2. The number of nitrogens with one attached hydrogen (secondary N) is 1. The van der Waals surface area contributed by atoms with Crippen LogP contribution < -0.4 is 10.1 Å². The Morgan fingerprint density at radius 2 is 1.78 bits per heavy atom. The topological polar surface area (TPSA) is 99.3 Å². The first kappa shape index (κ1) is 25.0. The molecular weight excluding hydrogens is 524 g/mol. The van der Waals surface area contributed by atoms with Crippen LogP contribution in [0, 0.1) is 10.1 Å². The van der Waals surface area contributed by atoms with Crippen LogP contribution in [0.1, 0.15) is 15.9 Å². The summed E-state index contributed by atoms with van der Waals surface area (Å²) in [5.74, 6) is -0.770. The molecule has 8 nitrogen and oxygen atoms in total. The summed E-state index contributed by atoms with van der Waals surface area (Å²) in [4.78, 5) is 26.8. The van der Waals surface area contributed by atoms with E-state index < -0.39 is 22.6 Å². The van der Waals surface area contributed by atoms with Gasteiger partial charge in [0.15, 0.2) is 5.75 Å². The molecule has 4 aromatic rings. The van der Waals surface area contributed by atoms with Crippen LogP contribution in [0.3, 0.4) is 0 Å². The van der Waals surface area contributed by atoms with Crippen molar-refractivity contribution >= 4 is 40.5 Å². The van der Waals surface area contributed by atoms with Crippen LogP contribution in [-0.4, -0.2) is 20.4 Å². The summed E-state index contributed by atoms with van der Waals surface area (Å²) >= 11 is 12.0. The third-order valence-corrected chi connectivity index (χ3v) is 5.45. The van der Waals surface area contributed by atoms with E-state index in [1.807, 2.05) is 0 Å². The van der Waals surface area contributed by atoms with Crippen LogP contribution in [0.5, 0.6) is 11.6 Å². The highest BCUT2D eigenvalue weighted by atomic mass is 35.5. The lowest BCUT2D eigenvalue weighted by Crippen LogP contribution is -2.13. The second-order valence-electron chi connectivity index (χ2n) is 7.26. The van der Waals surface area contributed by atoms with E-state index >= 15 is 0 Å². The van der Waals surface area contributed by atoms with Crippen LogP contribution >= 0.6 is 23.2 Å². The molecule has 0 saturated carbocycles. The number of benzene rings is 2. The molecule has 0 saturated heterocycles. The van der Waals surface area contributed by atoms with Gasteiger partial charge in [-0.05, 0) is 42.5 Å². The first-order chi connectivity index (χ1) is 17.0. The molecule has 0 aliphatic rings. The van der Waals surface area contributed by atoms with Gasteiger partial charge in [-0.15, -0.1) is 0 Å². The molecule has 0 bridgehead atoms. The number of amides is 1. The Balaban J connectivity index is 1.66. The minimum atomic E-state index is -4.62. The van der Waals surface area contributed by atoms with Gasteiger partial charge in [0.05, 0.1) is 26.8 Å². The van der Waals surface area contributed by atoms with Gasteiger partial charge in [0.2, 0.25) is 5.88 Å². The van der Waals surface area contributed by atoms with E-state index in [0.717, 1.165) is 6.07 Å². The molecule has 0 aliphatic carbocycles. The van der Waals surface area contributed by atoms with Crippen LogP contribution in [0.4, 0.5) is 24.5 Å². The molecule has 36 heavy (non-hydrogen) atoms. The number of carbonyl (C=O) groups excluding carboxylic acids is 1. The fraction of sp³-hybridized carbons (Fsp3) is 0.0435. The van der Waals surface area contributed by atoms with Crippen molar-refractivity contribution in [1.82, 2.24) is 9.55 Å². The zero-order valence-corrected chi connectivity index (χ0v) is 19.3. The number of nitro benzene ring substituents is 1. The highest BCUT2D eigenvalue weighted by Gasteiger charge is 2.32. The van der Waals surface area contributed by atoms with Gasteiger partial charge in [-0.3, -0.25) is 14.9 Å². The average molecular weight is 537 g/mol. The fourth-order valence-corrected chi connectivity index (χ4v) is 3.55. The predicted octanol–water partition coefficient (Wildman–Crippen LogP) is 7.15. The summed E-state index contributed by atoms with van der Waals surface area (Å²) in [5.41, 5.74) is -0.758. The van der Waals surface area contributed by atoms with Gasteiger partial charge in [0, 0.05) is 36.4 Å². The van der Waals surface area contributed by atoms with Crippen molar-refractivity contribution in [3.05, 3.63) is 104 Å². The highest BCUT2D eigenvalue weighted by molar-refractivity contribution is 6.34. The Morgan fingerprint density at radius 1 is 1.06 bits per heavy atom. The zero-order chi connectivity index (χ0) is 26.0. The number of ether oxygens (including phenoxy) is 1. The molecule has 0 spiro atoms. The number of halogens is 5. The lowest BCUT2D eigenvalue weighted by atomic mass is 10.1. The van der Waals surface area contributed by atoms with Gasteiger partial charge >= 0.3 is 6.18 Å². The molecule has 13 heteroatoms. The van der Waals surface area contributed by atoms with Gasteiger partial charge in [-0.1, -0.05) is 23.2 Å². The number of hydrogen-bond acceptors (Lipinski definition) is 5. The van der Waals surface area contributed by atoms with Gasteiger partial charge in [-0.2, -0.15) is 13.2 Å². The van der Waals surface area contributed by atoms with Crippen LogP contribution in [0.2, 0.25) is 10.0 Å². The van der Waals surface area contributed by atoms with E-state index in [9.17, 15) is 28.1 Å². The number of alkyl halides is 3. The maximum absolute atomic E-state index is 12.9. The van der Waals surface area contributed by atoms with Crippen molar-refractivity contribution in [2.45, 2.75) is 6.18 Å². The third-order valence-electron chi connectivity index (χ3n) is 4.85. The van der Waals surface area contributed by atoms with E-state index in [0.29, 0.717) is 18.0 Å². The average Bonchev–Trinajstić information content (AvgIpc) is 3.35. The molecule has 0 unspecified atom stereocenters. The summed E-state index contributed by atoms with van der Waals surface area (Å²) in [6, 6.07) is 12.1. The molecule has 4 rings (SSSR count). The molecule has 2 heterocycles. The molecule has 0 atom stereocenters. The van der Waals surface area contributed by atoms with E-state index in [1.165, 1.54) is 30.3 Å². The Hall–Kier alpha value is -4.09. The number of nitro groups is 1. The number of rotatable bonds is 6. The van der Waals surface area contributed by atoms with Crippen molar-refractivity contribution in [2.75, 3.05) is 5.32 Å². The molecule has 2 aromatic heterocycles. The van der Waals surface area contributed by atoms with Crippen molar-refractivity contribution in [1.29, 1.82) is 0 Å². The largest absolute Gasteiger partial charge is 0.435 e. The van der Waals surface area contributed by atoms with Gasteiger partial charge in [-0.25, -0.2) is 4.98 Å². The number of aromatic nitrogens is 2. The van der Waals surface area contributed by atoms with E-state index in [-0.39, 0.29) is 38.6 Å². The number of pyridine rings is 1. The van der Waals surface area contributed by atoms with Crippen molar-refractivity contribution in [3.8, 4) is 17.3 Å². The Labute approximate surface area is 211 Å². The van der Waals surface area contributed by atoms with Crippen molar-refractivity contribution < 1.29 is 27.6 Å². The zero-order valence-electron chi connectivity index (χ0n) is 17.8. The molecule has 1 N–H and O–H groups in total. The van der Waals surface area contributed by atoms with Crippen LogP contribution in [0.15, 0.2) is 73.2 Å². The monoisotopic (exact) mass is 536 g/mol. The van der Waals surface area contributed by atoms with Crippen molar-refractivity contribution in [3.63, 3.8) is 0 Å². The van der Waals surface area contributed by atoms with E-state index in [4.69, 9.17) is 27.9 Å².